The van der Waals surface area contributed by atoms with Gasteiger partial charge < -0.3 is 4.74 Å². The zero-order valence-corrected chi connectivity index (χ0v) is 15.8. The van der Waals surface area contributed by atoms with Crippen molar-refractivity contribution >= 4 is 31.9 Å². The summed E-state index contributed by atoms with van der Waals surface area (Å²) in [6, 6.07) is 17.6. The molecule has 122 valence electrons. The Hall–Kier alpha value is -1.92. The molecule has 0 bridgehead atoms. The van der Waals surface area contributed by atoms with Crippen molar-refractivity contribution in [3.05, 3.63) is 91.4 Å². The molecule has 0 aliphatic rings. The van der Waals surface area contributed by atoms with Crippen molar-refractivity contribution in [2.75, 3.05) is 0 Å². The summed E-state index contributed by atoms with van der Waals surface area (Å²) in [4.78, 5) is 16.7. The van der Waals surface area contributed by atoms with E-state index in [1.807, 2.05) is 54.6 Å². The fourth-order valence-electron chi connectivity index (χ4n) is 2.17. The maximum absolute atomic E-state index is 12.5. The molecule has 6 heteroatoms. The molecule has 1 heterocycles. The molecule has 0 N–H and O–H groups in total. The smallest absolute Gasteiger partial charge is 0.271 e. The summed E-state index contributed by atoms with van der Waals surface area (Å²) in [5.41, 5.74) is 1.87. The number of rotatable bonds is 5. The Morgan fingerprint density at radius 3 is 2.38 bits per heavy atom. The minimum absolute atomic E-state index is 0.170. The van der Waals surface area contributed by atoms with Gasteiger partial charge in [0.25, 0.3) is 5.56 Å². The number of halogens is 2. The zero-order chi connectivity index (χ0) is 16.9. The molecule has 0 unspecified atom stereocenters. The van der Waals surface area contributed by atoms with Crippen molar-refractivity contribution in [3.8, 4) is 5.88 Å². The molecule has 0 saturated heterocycles. The highest BCUT2D eigenvalue weighted by molar-refractivity contribution is 9.10. The molecular weight excluding hydrogens is 436 g/mol. The Morgan fingerprint density at radius 1 is 0.958 bits per heavy atom. The van der Waals surface area contributed by atoms with Crippen LogP contribution in [-0.2, 0) is 13.2 Å². The van der Waals surface area contributed by atoms with Crippen molar-refractivity contribution in [2.24, 2.45) is 0 Å². The molecule has 0 spiro atoms. The quantitative estimate of drug-likeness (QED) is 0.580. The summed E-state index contributed by atoms with van der Waals surface area (Å²) < 4.78 is 8.53. The summed E-state index contributed by atoms with van der Waals surface area (Å²) in [6.45, 7) is 0.819. The number of nitrogens with zero attached hydrogens (tertiary/aromatic N) is 2. The predicted octanol–water partition coefficient (Wildman–Crippen LogP) is 4.40. The highest BCUT2D eigenvalue weighted by Gasteiger charge is 2.11. The van der Waals surface area contributed by atoms with Crippen LogP contribution < -0.4 is 10.3 Å². The lowest BCUT2D eigenvalue weighted by molar-refractivity contribution is 0.289. The molecular formula is C18H14Br2N2O2. The van der Waals surface area contributed by atoms with Gasteiger partial charge >= 0.3 is 0 Å². The van der Waals surface area contributed by atoms with Crippen molar-refractivity contribution in [2.45, 2.75) is 13.2 Å². The molecule has 0 fully saturated rings. The fourth-order valence-corrected chi connectivity index (χ4v) is 2.88. The van der Waals surface area contributed by atoms with E-state index in [0.717, 1.165) is 15.6 Å². The van der Waals surface area contributed by atoms with Crippen LogP contribution in [0.5, 0.6) is 5.88 Å². The molecule has 0 aliphatic carbocycles. The fraction of sp³-hybridized carbons (Fsp3) is 0.111. The van der Waals surface area contributed by atoms with Gasteiger partial charge in [-0.3, -0.25) is 9.36 Å². The minimum atomic E-state index is -0.170. The maximum Gasteiger partial charge on any atom is 0.271 e. The molecule has 3 aromatic rings. The topological polar surface area (TPSA) is 44.1 Å². The molecule has 2 aromatic carbocycles. The van der Waals surface area contributed by atoms with Gasteiger partial charge in [-0.1, -0.05) is 58.4 Å². The van der Waals surface area contributed by atoms with Gasteiger partial charge in [0, 0.05) is 4.47 Å². The van der Waals surface area contributed by atoms with Gasteiger partial charge in [-0.05, 0) is 39.2 Å². The van der Waals surface area contributed by atoms with Crippen LogP contribution in [0.2, 0.25) is 0 Å². The van der Waals surface area contributed by atoms with E-state index in [-0.39, 0.29) is 5.56 Å². The van der Waals surface area contributed by atoms with Gasteiger partial charge in [-0.2, -0.15) is 0 Å². The lowest BCUT2D eigenvalue weighted by atomic mass is 10.2. The monoisotopic (exact) mass is 448 g/mol. The Kier molecular flexibility index (Phi) is 5.48. The van der Waals surface area contributed by atoms with Crippen LogP contribution in [-0.4, -0.2) is 9.55 Å². The van der Waals surface area contributed by atoms with Crippen LogP contribution in [0, 0.1) is 0 Å². The van der Waals surface area contributed by atoms with E-state index >= 15 is 0 Å². The van der Waals surface area contributed by atoms with Crippen LogP contribution in [0.25, 0.3) is 0 Å². The average molecular weight is 450 g/mol. The van der Waals surface area contributed by atoms with Crippen LogP contribution >= 0.6 is 31.9 Å². The summed E-state index contributed by atoms with van der Waals surface area (Å²) in [5.74, 6) is 0.302. The van der Waals surface area contributed by atoms with Crippen molar-refractivity contribution in [1.82, 2.24) is 9.55 Å². The van der Waals surface area contributed by atoms with Crippen molar-refractivity contribution in [1.29, 1.82) is 0 Å². The van der Waals surface area contributed by atoms with Crippen LogP contribution in [0.4, 0.5) is 0 Å². The molecule has 1 aromatic heterocycles. The van der Waals surface area contributed by atoms with Gasteiger partial charge in [-0.25, -0.2) is 4.98 Å². The van der Waals surface area contributed by atoms with Gasteiger partial charge in [0.15, 0.2) is 0 Å². The summed E-state index contributed by atoms with van der Waals surface area (Å²) >= 11 is 6.70. The molecule has 4 nitrogen and oxygen atoms in total. The molecule has 0 aliphatic heterocycles. The number of aromatic nitrogens is 2. The maximum atomic E-state index is 12.5. The zero-order valence-electron chi connectivity index (χ0n) is 12.7. The van der Waals surface area contributed by atoms with Gasteiger partial charge in [-0.15, -0.1) is 0 Å². The first-order valence-electron chi connectivity index (χ1n) is 7.29. The van der Waals surface area contributed by atoms with E-state index in [9.17, 15) is 4.79 Å². The van der Waals surface area contributed by atoms with Crippen LogP contribution in [0.1, 0.15) is 11.1 Å². The second-order valence-electron chi connectivity index (χ2n) is 5.20. The normalized spacial score (nSPS) is 10.6. The first kappa shape index (κ1) is 16.9. The molecule has 0 radical (unpaired) electrons. The third-order valence-corrected chi connectivity index (χ3v) is 4.64. The molecule has 0 amide bonds. The standard InChI is InChI=1S/C18H14Br2N2O2/c19-15-8-6-13(7-9-15)10-22-12-21-17(16(20)18(22)23)24-11-14-4-2-1-3-5-14/h1-9,12H,10-11H2. The lowest BCUT2D eigenvalue weighted by Crippen LogP contribution is -2.22. The highest BCUT2D eigenvalue weighted by Crippen LogP contribution is 2.19. The molecule has 3 rings (SSSR count). The summed E-state index contributed by atoms with van der Waals surface area (Å²) in [7, 11) is 0. The van der Waals surface area contributed by atoms with E-state index < -0.39 is 0 Å². The number of benzene rings is 2. The average Bonchev–Trinajstić information content (AvgIpc) is 2.61. The van der Waals surface area contributed by atoms with Gasteiger partial charge in [0.05, 0.1) is 6.54 Å². The second kappa shape index (κ2) is 7.77. The predicted molar refractivity (Wildman–Crippen MR) is 100 cm³/mol. The van der Waals surface area contributed by atoms with E-state index in [1.54, 1.807) is 4.57 Å². The number of ether oxygens (including phenoxy) is 1. The highest BCUT2D eigenvalue weighted by atomic mass is 79.9. The Labute approximate surface area is 156 Å². The van der Waals surface area contributed by atoms with E-state index in [4.69, 9.17) is 4.74 Å². The number of hydrogen-bond donors (Lipinski definition) is 0. The molecule has 24 heavy (non-hydrogen) atoms. The first-order chi connectivity index (χ1) is 11.6. The van der Waals surface area contributed by atoms with E-state index in [1.165, 1.54) is 6.33 Å². The summed E-state index contributed by atoms with van der Waals surface area (Å²) in [6.07, 6.45) is 1.51. The third kappa shape index (κ3) is 4.13. The Morgan fingerprint density at radius 2 is 1.67 bits per heavy atom. The Balaban J connectivity index is 1.76. The number of hydrogen-bond acceptors (Lipinski definition) is 3. The molecule has 0 atom stereocenters. The summed E-state index contributed by atoms with van der Waals surface area (Å²) in [5, 5.41) is 0. The van der Waals surface area contributed by atoms with Crippen molar-refractivity contribution in [3.63, 3.8) is 0 Å². The van der Waals surface area contributed by atoms with Crippen LogP contribution in [0.3, 0.4) is 0 Å². The second-order valence-corrected chi connectivity index (χ2v) is 6.91. The molecule has 0 saturated carbocycles. The van der Waals surface area contributed by atoms with Crippen LogP contribution in [0.15, 0.2) is 74.7 Å². The van der Waals surface area contributed by atoms with Gasteiger partial charge in [0.2, 0.25) is 5.88 Å². The van der Waals surface area contributed by atoms with Gasteiger partial charge in [0.1, 0.15) is 17.4 Å². The minimum Gasteiger partial charge on any atom is -0.472 e. The van der Waals surface area contributed by atoms with Crippen molar-refractivity contribution < 1.29 is 4.74 Å². The largest absolute Gasteiger partial charge is 0.472 e. The SMILES string of the molecule is O=c1c(Br)c(OCc2ccccc2)ncn1Cc1ccc(Br)cc1. The Bertz CT molecular complexity index is 878. The van der Waals surface area contributed by atoms with E-state index in [0.29, 0.717) is 23.5 Å². The lowest BCUT2D eigenvalue weighted by Gasteiger charge is -2.10. The van der Waals surface area contributed by atoms with E-state index in [2.05, 4.69) is 36.8 Å². The third-order valence-electron chi connectivity index (χ3n) is 3.44. The first-order valence-corrected chi connectivity index (χ1v) is 8.88.